The molecule has 3 aromatic rings. The number of pyridine rings is 1. The molecule has 0 saturated carbocycles. The minimum Gasteiger partial charge on any atom is -0.487 e. The standard InChI is InChI=1S/C20H22N6O3/c1-25(2)19(27)13-26-12-18(23-24-26)20(28)22-11-15-6-5-8-17(10-15)29-14-16-7-3-4-9-21-16/h3-10,12H,11,13-14H2,1-2H3,(H,22,28). The average molecular weight is 394 g/mol. The van der Waals surface area contributed by atoms with Gasteiger partial charge in [-0.05, 0) is 29.8 Å². The number of carbonyl (C=O) groups is 2. The minimum atomic E-state index is -0.367. The van der Waals surface area contributed by atoms with Crippen molar-refractivity contribution in [1.29, 1.82) is 0 Å². The summed E-state index contributed by atoms with van der Waals surface area (Å²) in [4.78, 5) is 29.7. The van der Waals surface area contributed by atoms with Crippen molar-refractivity contribution in [2.45, 2.75) is 19.7 Å². The quantitative estimate of drug-likeness (QED) is 0.617. The van der Waals surface area contributed by atoms with Gasteiger partial charge in [0.15, 0.2) is 5.69 Å². The Hall–Kier alpha value is -3.75. The summed E-state index contributed by atoms with van der Waals surface area (Å²) >= 11 is 0. The van der Waals surface area contributed by atoms with Crippen molar-refractivity contribution in [2.24, 2.45) is 0 Å². The first-order chi connectivity index (χ1) is 14.0. The smallest absolute Gasteiger partial charge is 0.273 e. The summed E-state index contributed by atoms with van der Waals surface area (Å²) < 4.78 is 7.08. The molecule has 9 heteroatoms. The molecule has 0 spiro atoms. The second kappa shape index (κ2) is 9.45. The molecule has 2 amide bonds. The molecule has 0 saturated heterocycles. The molecular weight excluding hydrogens is 372 g/mol. The van der Waals surface area contributed by atoms with Crippen LogP contribution in [0.5, 0.6) is 5.75 Å². The molecule has 0 aliphatic heterocycles. The monoisotopic (exact) mass is 394 g/mol. The summed E-state index contributed by atoms with van der Waals surface area (Å²) in [6.45, 7) is 0.706. The summed E-state index contributed by atoms with van der Waals surface area (Å²) in [6, 6.07) is 13.1. The molecule has 9 nitrogen and oxygen atoms in total. The Morgan fingerprint density at radius 1 is 1.17 bits per heavy atom. The van der Waals surface area contributed by atoms with Crippen molar-refractivity contribution < 1.29 is 14.3 Å². The number of nitrogens with zero attached hydrogens (tertiary/aromatic N) is 5. The fourth-order valence-electron chi connectivity index (χ4n) is 2.42. The van der Waals surface area contributed by atoms with E-state index in [1.54, 1.807) is 20.3 Å². The molecule has 0 aliphatic carbocycles. The summed E-state index contributed by atoms with van der Waals surface area (Å²) in [5.41, 5.74) is 1.87. The molecule has 0 unspecified atom stereocenters. The molecule has 1 N–H and O–H groups in total. The van der Waals surface area contributed by atoms with E-state index >= 15 is 0 Å². The van der Waals surface area contributed by atoms with E-state index in [9.17, 15) is 9.59 Å². The van der Waals surface area contributed by atoms with E-state index in [1.165, 1.54) is 15.8 Å². The molecule has 0 fully saturated rings. The fourth-order valence-corrected chi connectivity index (χ4v) is 2.42. The Bertz CT molecular complexity index is 971. The zero-order valence-corrected chi connectivity index (χ0v) is 16.3. The molecule has 29 heavy (non-hydrogen) atoms. The van der Waals surface area contributed by atoms with Crippen LogP contribution in [-0.4, -0.2) is 50.8 Å². The van der Waals surface area contributed by atoms with Crippen LogP contribution in [0.4, 0.5) is 0 Å². The summed E-state index contributed by atoms with van der Waals surface area (Å²) in [5, 5.41) is 10.4. The van der Waals surface area contributed by atoms with Gasteiger partial charge in [0.25, 0.3) is 5.91 Å². The van der Waals surface area contributed by atoms with Crippen LogP contribution >= 0.6 is 0 Å². The maximum Gasteiger partial charge on any atom is 0.273 e. The molecule has 2 heterocycles. The number of hydrogen-bond donors (Lipinski definition) is 1. The van der Waals surface area contributed by atoms with E-state index in [0.717, 1.165) is 11.3 Å². The normalized spacial score (nSPS) is 10.4. The largest absolute Gasteiger partial charge is 0.487 e. The number of hydrogen-bond acceptors (Lipinski definition) is 6. The van der Waals surface area contributed by atoms with Gasteiger partial charge >= 0.3 is 0 Å². The van der Waals surface area contributed by atoms with Gasteiger partial charge in [-0.1, -0.05) is 23.4 Å². The van der Waals surface area contributed by atoms with E-state index < -0.39 is 0 Å². The van der Waals surface area contributed by atoms with Crippen molar-refractivity contribution in [2.75, 3.05) is 14.1 Å². The summed E-state index contributed by atoms with van der Waals surface area (Å²) in [6.07, 6.45) is 3.17. The van der Waals surface area contributed by atoms with Crippen LogP contribution < -0.4 is 10.1 Å². The van der Waals surface area contributed by atoms with Crippen LogP contribution in [0.2, 0.25) is 0 Å². The molecule has 1 aromatic carbocycles. The van der Waals surface area contributed by atoms with E-state index in [4.69, 9.17) is 4.74 Å². The summed E-state index contributed by atoms with van der Waals surface area (Å²) in [7, 11) is 3.31. The van der Waals surface area contributed by atoms with Gasteiger partial charge in [0.2, 0.25) is 5.91 Å². The highest BCUT2D eigenvalue weighted by molar-refractivity contribution is 5.91. The number of benzene rings is 1. The fraction of sp³-hybridized carbons (Fsp3) is 0.250. The predicted molar refractivity (Wildman–Crippen MR) is 105 cm³/mol. The predicted octanol–water partition coefficient (Wildman–Crippen LogP) is 1.27. The third-order valence-electron chi connectivity index (χ3n) is 4.03. The SMILES string of the molecule is CN(C)C(=O)Cn1cc(C(=O)NCc2cccc(OCc3ccccn3)c2)nn1. The van der Waals surface area contributed by atoms with E-state index in [2.05, 4.69) is 20.6 Å². The minimum absolute atomic E-state index is 0.0307. The van der Waals surface area contributed by atoms with Crippen molar-refractivity contribution in [1.82, 2.24) is 30.2 Å². The lowest BCUT2D eigenvalue weighted by atomic mass is 10.2. The molecule has 0 bridgehead atoms. The van der Waals surface area contributed by atoms with E-state index in [-0.39, 0.29) is 24.1 Å². The topological polar surface area (TPSA) is 102 Å². The van der Waals surface area contributed by atoms with Crippen LogP contribution in [0.1, 0.15) is 21.7 Å². The average Bonchev–Trinajstić information content (AvgIpc) is 3.20. The van der Waals surface area contributed by atoms with Gasteiger partial charge in [-0.15, -0.1) is 5.10 Å². The van der Waals surface area contributed by atoms with Crippen molar-refractivity contribution in [3.63, 3.8) is 0 Å². The molecular formula is C20H22N6O3. The van der Waals surface area contributed by atoms with Crippen LogP contribution in [0.25, 0.3) is 0 Å². The summed E-state index contributed by atoms with van der Waals surface area (Å²) in [5.74, 6) is 0.188. The number of likely N-dealkylation sites (N-methyl/N-ethyl adjacent to an activating group) is 1. The van der Waals surface area contributed by atoms with Gasteiger partial charge in [0, 0.05) is 26.8 Å². The maximum absolute atomic E-state index is 12.3. The lowest BCUT2D eigenvalue weighted by Gasteiger charge is -2.09. The molecule has 0 atom stereocenters. The Balaban J connectivity index is 1.52. The maximum atomic E-state index is 12.3. The van der Waals surface area contributed by atoms with Crippen LogP contribution in [-0.2, 0) is 24.5 Å². The highest BCUT2D eigenvalue weighted by Gasteiger charge is 2.13. The molecule has 3 rings (SSSR count). The van der Waals surface area contributed by atoms with Crippen molar-refractivity contribution in [3.8, 4) is 5.75 Å². The van der Waals surface area contributed by atoms with Crippen molar-refractivity contribution >= 4 is 11.8 Å². The number of ether oxygens (including phenoxy) is 1. The van der Waals surface area contributed by atoms with Gasteiger partial charge in [-0.3, -0.25) is 14.6 Å². The Labute approximate surface area is 168 Å². The Morgan fingerprint density at radius 3 is 2.79 bits per heavy atom. The number of amides is 2. The van der Waals surface area contributed by atoms with Gasteiger partial charge in [0.1, 0.15) is 18.9 Å². The van der Waals surface area contributed by atoms with Crippen LogP contribution in [0.15, 0.2) is 54.9 Å². The second-order valence-electron chi connectivity index (χ2n) is 6.53. The molecule has 0 aliphatic rings. The first-order valence-corrected chi connectivity index (χ1v) is 9.01. The van der Waals surface area contributed by atoms with Gasteiger partial charge in [0.05, 0.1) is 11.9 Å². The van der Waals surface area contributed by atoms with Crippen LogP contribution in [0, 0.1) is 0 Å². The molecule has 0 radical (unpaired) electrons. The van der Waals surface area contributed by atoms with Gasteiger partial charge in [-0.2, -0.15) is 0 Å². The zero-order chi connectivity index (χ0) is 20.6. The Morgan fingerprint density at radius 2 is 2.03 bits per heavy atom. The van der Waals surface area contributed by atoms with Gasteiger partial charge < -0.3 is 15.0 Å². The molecule has 150 valence electrons. The van der Waals surface area contributed by atoms with E-state index in [1.807, 2.05) is 42.5 Å². The molecule has 2 aromatic heterocycles. The van der Waals surface area contributed by atoms with Crippen LogP contribution in [0.3, 0.4) is 0 Å². The number of carbonyl (C=O) groups excluding carboxylic acids is 2. The number of aromatic nitrogens is 4. The lowest BCUT2D eigenvalue weighted by molar-refractivity contribution is -0.129. The third-order valence-corrected chi connectivity index (χ3v) is 4.03. The Kier molecular flexibility index (Phi) is 6.51. The van der Waals surface area contributed by atoms with Crippen molar-refractivity contribution in [3.05, 3.63) is 71.8 Å². The lowest BCUT2D eigenvalue weighted by Crippen LogP contribution is -2.26. The second-order valence-corrected chi connectivity index (χ2v) is 6.53. The first-order valence-electron chi connectivity index (χ1n) is 9.01. The number of nitrogens with one attached hydrogen (secondary N) is 1. The highest BCUT2D eigenvalue weighted by Crippen LogP contribution is 2.15. The number of rotatable bonds is 8. The highest BCUT2D eigenvalue weighted by atomic mass is 16.5. The third kappa shape index (κ3) is 5.86. The van der Waals surface area contributed by atoms with Gasteiger partial charge in [-0.25, -0.2) is 4.68 Å². The first kappa shape index (κ1) is 20.0. The zero-order valence-electron chi connectivity index (χ0n) is 16.3. The van der Waals surface area contributed by atoms with E-state index in [0.29, 0.717) is 18.9 Å².